The van der Waals surface area contributed by atoms with Gasteiger partial charge in [0.05, 0.1) is 12.6 Å². The van der Waals surface area contributed by atoms with E-state index in [2.05, 4.69) is 12.2 Å². The summed E-state index contributed by atoms with van der Waals surface area (Å²) < 4.78 is 5.52. The topological polar surface area (TPSA) is 64.3 Å². The third-order valence-electron chi connectivity index (χ3n) is 2.64. The molecule has 1 aromatic rings. The number of nitrogens with one attached hydrogen (secondary N) is 1. The molecule has 0 radical (unpaired) electrons. The summed E-state index contributed by atoms with van der Waals surface area (Å²) in [6, 6.07) is 6.91. The second kappa shape index (κ2) is 7.79. The summed E-state index contributed by atoms with van der Waals surface area (Å²) in [5.74, 6) is 1.01. The molecule has 0 aliphatic carbocycles. The van der Waals surface area contributed by atoms with Crippen LogP contribution in [-0.4, -0.2) is 18.6 Å². The van der Waals surface area contributed by atoms with Gasteiger partial charge >= 0.3 is 0 Å². The number of nitrogens with two attached hydrogens (primary N) is 1. The van der Waals surface area contributed by atoms with E-state index in [9.17, 15) is 4.79 Å². The van der Waals surface area contributed by atoms with Crippen molar-refractivity contribution in [3.8, 4) is 5.75 Å². The van der Waals surface area contributed by atoms with Crippen molar-refractivity contribution in [2.45, 2.75) is 39.7 Å². The normalized spacial score (nSPS) is 12.3. The van der Waals surface area contributed by atoms with E-state index in [4.69, 9.17) is 10.5 Å². The third kappa shape index (κ3) is 5.75. The lowest BCUT2D eigenvalue weighted by Gasteiger charge is -2.14. The highest BCUT2D eigenvalue weighted by molar-refractivity contribution is 5.94. The highest BCUT2D eigenvalue weighted by atomic mass is 16.5. The first-order chi connectivity index (χ1) is 9.02. The average Bonchev–Trinajstić information content (AvgIpc) is 2.36. The number of carbonyl (C=O) groups is 1. The van der Waals surface area contributed by atoms with Crippen molar-refractivity contribution in [2.24, 2.45) is 11.7 Å². The quantitative estimate of drug-likeness (QED) is 0.796. The summed E-state index contributed by atoms with van der Waals surface area (Å²) in [5.41, 5.74) is 6.56. The van der Waals surface area contributed by atoms with Gasteiger partial charge in [0.1, 0.15) is 5.75 Å². The minimum atomic E-state index is -0.472. The number of rotatable bonds is 7. The van der Waals surface area contributed by atoms with E-state index in [0.717, 1.165) is 17.9 Å². The van der Waals surface area contributed by atoms with Crippen LogP contribution in [0.4, 0.5) is 5.69 Å². The first-order valence-electron chi connectivity index (χ1n) is 6.82. The number of hydrogen-bond acceptors (Lipinski definition) is 3. The predicted molar refractivity (Wildman–Crippen MR) is 78.3 cm³/mol. The van der Waals surface area contributed by atoms with Gasteiger partial charge in [0, 0.05) is 11.8 Å². The van der Waals surface area contributed by atoms with Crippen LogP contribution in [0.5, 0.6) is 5.75 Å². The molecule has 1 atom stereocenters. The predicted octanol–water partition coefficient (Wildman–Crippen LogP) is 2.79. The Balaban J connectivity index is 2.58. The Hall–Kier alpha value is -1.55. The van der Waals surface area contributed by atoms with Crippen LogP contribution in [0.2, 0.25) is 0 Å². The van der Waals surface area contributed by atoms with Gasteiger partial charge in [0.15, 0.2) is 0 Å². The van der Waals surface area contributed by atoms with Crippen LogP contribution in [0.1, 0.15) is 33.6 Å². The minimum absolute atomic E-state index is 0.152. The van der Waals surface area contributed by atoms with Crippen LogP contribution in [0.15, 0.2) is 24.3 Å². The van der Waals surface area contributed by atoms with Gasteiger partial charge in [-0.1, -0.05) is 26.8 Å². The fourth-order valence-electron chi connectivity index (χ4n) is 1.73. The third-order valence-corrected chi connectivity index (χ3v) is 2.64. The van der Waals surface area contributed by atoms with Gasteiger partial charge in [-0.2, -0.15) is 0 Å². The molecule has 0 aliphatic rings. The molecule has 0 spiro atoms. The van der Waals surface area contributed by atoms with Gasteiger partial charge in [-0.25, -0.2) is 0 Å². The van der Waals surface area contributed by atoms with E-state index in [0.29, 0.717) is 18.9 Å². The summed E-state index contributed by atoms with van der Waals surface area (Å²) in [5, 5.41) is 2.82. The molecule has 1 rings (SSSR count). The maximum absolute atomic E-state index is 11.9. The molecule has 0 saturated heterocycles. The van der Waals surface area contributed by atoms with E-state index >= 15 is 0 Å². The molecular formula is C15H24N2O2. The number of hydrogen-bond donors (Lipinski definition) is 2. The molecule has 0 fully saturated rings. The van der Waals surface area contributed by atoms with Crippen molar-refractivity contribution in [3.05, 3.63) is 24.3 Å². The first kappa shape index (κ1) is 15.5. The number of carbonyl (C=O) groups excluding carboxylic acids is 1. The fraction of sp³-hybridized carbons (Fsp3) is 0.533. The van der Waals surface area contributed by atoms with Crippen LogP contribution in [0, 0.1) is 5.92 Å². The summed E-state index contributed by atoms with van der Waals surface area (Å²) in [4.78, 5) is 11.9. The first-order valence-corrected chi connectivity index (χ1v) is 6.82. The molecule has 3 N–H and O–H groups in total. The van der Waals surface area contributed by atoms with Gasteiger partial charge < -0.3 is 15.8 Å². The maximum Gasteiger partial charge on any atom is 0.241 e. The van der Waals surface area contributed by atoms with Crippen molar-refractivity contribution in [3.63, 3.8) is 0 Å². The Bertz CT molecular complexity index is 405. The number of ether oxygens (including phenoxy) is 1. The summed E-state index contributed by atoms with van der Waals surface area (Å²) in [6.07, 6.45) is 1.63. The Morgan fingerprint density at radius 2 is 2.16 bits per heavy atom. The van der Waals surface area contributed by atoms with Crippen LogP contribution in [0.25, 0.3) is 0 Å². The van der Waals surface area contributed by atoms with Crippen molar-refractivity contribution in [1.29, 1.82) is 0 Å². The van der Waals surface area contributed by atoms with Crippen molar-refractivity contribution in [2.75, 3.05) is 11.9 Å². The second-order valence-corrected chi connectivity index (χ2v) is 5.10. The molecule has 0 unspecified atom stereocenters. The summed E-state index contributed by atoms with van der Waals surface area (Å²) >= 11 is 0. The second-order valence-electron chi connectivity index (χ2n) is 5.10. The van der Waals surface area contributed by atoms with Crippen LogP contribution in [-0.2, 0) is 4.79 Å². The zero-order valence-electron chi connectivity index (χ0n) is 12.0. The largest absolute Gasteiger partial charge is 0.494 e. The molecule has 0 bridgehead atoms. The van der Waals surface area contributed by atoms with Gasteiger partial charge in [0.25, 0.3) is 0 Å². The maximum atomic E-state index is 11.9. The van der Waals surface area contributed by atoms with Crippen molar-refractivity contribution >= 4 is 11.6 Å². The SMILES string of the molecule is CCCOc1cccc(NC(=O)[C@H](N)CC(C)C)c1. The lowest BCUT2D eigenvalue weighted by molar-refractivity contribution is -0.117. The van der Waals surface area contributed by atoms with Crippen LogP contribution >= 0.6 is 0 Å². The highest BCUT2D eigenvalue weighted by Gasteiger charge is 2.15. The summed E-state index contributed by atoms with van der Waals surface area (Å²) in [7, 11) is 0. The Morgan fingerprint density at radius 1 is 1.42 bits per heavy atom. The van der Waals surface area contributed by atoms with Crippen molar-refractivity contribution < 1.29 is 9.53 Å². The molecule has 0 aliphatic heterocycles. The zero-order valence-corrected chi connectivity index (χ0v) is 12.0. The highest BCUT2D eigenvalue weighted by Crippen LogP contribution is 2.18. The lowest BCUT2D eigenvalue weighted by Crippen LogP contribution is -2.36. The van der Waals surface area contributed by atoms with Gasteiger partial charge in [-0.15, -0.1) is 0 Å². The standard InChI is InChI=1S/C15H24N2O2/c1-4-8-19-13-7-5-6-12(10-13)17-15(18)14(16)9-11(2)3/h5-7,10-11,14H,4,8-9,16H2,1-3H3,(H,17,18)/t14-/m1/s1. The van der Waals surface area contributed by atoms with E-state index in [1.54, 1.807) is 0 Å². The molecule has 0 saturated carbocycles. The molecule has 1 amide bonds. The number of benzene rings is 1. The monoisotopic (exact) mass is 264 g/mol. The molecular weight excluding hydrogens is 240 g/mol. The van der Waals surface area contributed by atoms with E-state index in [1.165, 1.54) is 0 Å². The molecule has 106 valence electrons. The van der Waals surface area contributed by atoms with Gasteiger partial charge in [0.2, 0.25) is 5.91 Å². The van der Waals surface area contributed by atoms with E-state index < -0.39 is 6.04 Å². The van der Waals surface area contributed by atoms with Gasteiger partial charge in [-0.05, 0) is 30.9 Å². The number of anilines is 1. The van der Waals surface area contributed by atoms with Crippen LogP contribution < -0.4 is 15.8 Å². The molecule has 1 aromatic carbocycles. The van der Waals surface area contributed by atoms with Gasteiger partial charge in [-0.3, -0.25) is 4.79 Å². The number of amides is 1. The Labute approximate surface area is 115 Å². The Morgan fingerprint density at radius 3 is 2.79 bits per heavy atom. The van der Waals surface area contributed by atoms with E-state index in [1.807, 2.05) is 38.1 Å². The molecule has 0 aromatic heterocycles. The molecule has 4 heteroatoms. The average molecular weight is 264 g/mol. The zero-order chi connectivity index (χ0) is 14.3. The molecule has 19 heavy (non-hydrogen) atoms. The van der Waals surface area contributed by atoms with Crippen LogP contribution in [0.3, 0.4) is 0 Å². The Kier molecular flexibility index (Phi) is 6.36. The molecule has 0 heterocycles. The minimum Gasteiger partial charge on any atom is -0.494 e. The molecule has 4 nitrogen and oxygen atoms in total. The summed E-state index contributed by atoms with van der Waals surface area (Å²) in [6.45, 7) is 6.82. The smallest absolute Gasteiger partial charge is 0.241 e. The fourth-order valence-corrected chi connectivity index (χ4v) is 1.73. The lowest BCUT2D eigenvalue weighted by atomic mass is 10.0. The van der Waals surface area contributed by atoms with E-state index in [-0.39, 0.29) is 5.91 Å². The van der Waals surface area contributed by atoms with Crippen molar-refractivity contribution in [1.82, 2.24) is 0 Å².